The number of aryl methyl sites for hydroxylation is 2. The summed E-state index contributed by atoms with van der Waals surface area (Å²) in [5.74, 6) is 0. The Balaban J connectivity index is 1.14. The van der Waals surface area contributed by atoms with Crippen LogP contribution in [-0.2, 0) is 0 Å². The predicted molar refractivity (Wildman–Crippen MR) is 320 cm³/mol. The molecule has 0 saturated heterocycles. The molecular weight excluding hydrogens is 908 g/mol. The van der Waals surface area contributed by atoms with E-state index in [0.29, 0.717) is 0 Å². The highest BCUT2D eigenvalue weighted by Gasteiger charge is 2.52. The van der Waals surface area contributed by atoms with Crippen LogP contribution in [0.4, 0.5) is 68.2 Å². The summed E-state index contributed by atoms with van der Waals surface area (Å²) in [5, 5.41) is 15.2. The molecule has 0 fully saturated rings. The topological polar surface area (TPSA) is 13.0 Å². The van der Waals surface area contributed by atoms with Gasteiger partial charge < -0.3 is 19.6 Å². The van der Waals surface area contributed by atoms with E-state index in [1.165, 1.54) is 126 Å². The van der Waals surface area contributed by atoms with Gasteiger partial charge in [-0.05, 0) is 135 Å². The third-order valence-corrected chi connectivity index (χ3v) is 16.8. The SMILES string of the molecule is Cc1ccc(N2c3cc(N(c4ccccc4)c4ccccc4)cc4c3B3c5c2c2ccc6cccc7ccc(c5N(c5ccccc5)c5c3c(c3ccc8cccc9ccc5c3c89)N4c3ccc(C)cc3)c2c67)cc1. The van der Waals surface area contributed by atoms with Gasteiger partial charge in [0.1, 0.15) is 0 Å². The standard InChI is InChI=1S/C70H45BN4/c1-42-24-32-51(33-25-42)73-58-40-53(72(48-18-6-3-7-19-48)49-20-8-4-9-21-49)41-59-64(58)71-65-67(73)54-36-28-44-14-12-16-46-30-38-56(62(54)60(44)46)69(65)75(50-22-10-5-11-23-50)70-57-39-31-47-17-13-15-45-29-37-55(63(57)61(45)47)68(66(70)71)74(59)52-34-26-43(2)27-35-52/h3-41H,1-2H3. The van der Waals surface area contributed by atoms with E-state index in [-0.39, 0.29) is 6.71 Å². The van der Waals surface area contributed by atoms with Crippen molar-refractivity contribution in [1.29, 1.82) is 0 Å². The summed E-state index contributed by atoms with van der Waals surface area (Å²) in [5.41, 5.74) is 20.4. The Bertz CT molecular complexity index is 4370. The van der Waals surface area contributed by atoms with E-state index >= 15 is 0 Å². The maximum Gasteiger partial charge on any atom is 0.257 e. The van der Waals surface area contributed by atoms with E-state index < -0.39 is 0 Å². The lowest BCUT2D eigenvalue weighted by Gasteiger charge is -2.51. The molecule has 0 aromatic heterocycles. The fraction of sp³-hybridized carbons (Fsp3) is 0.0286. The van der Waals surface area contributed by atoms with Gasteiger partial charge in [0.05, 0.1) is 28.4 Å². The van der Waals surface area contributed by atoms with Crippen LogP contribution < -0.4 is 36.0 Å². The third kappa shape index (κ3) is 5.46. The van der Waals surface area contributed by atoms with Crippen molar-refractivity contribution in [3.8, 4) is 0 Å². The Morgan fingerprint density at radius 1 is 0.293 bits per heavy atom. The predicted octanol–water partition coefficient (Wildman–Crippen LogP) is 17.4. The van der Waals surface area contributed by atoms with Crippen LogP contribution in [0, 0.1) is 13.8 Å². The molecule has 0 bridgehead atoms. The minimum atomic E-state index is -0.145. The normalized spacial score (nSPS) is 13.4. The molecule has 3 aliphatic rings. The van der Waals surface area contributed by atoms with Crippen LogP contribution in [0.25, 0.3) is 64.6 Å². The van der Waals surface area contributed by atoms with E-state index in [2.05, 4.69) is 270 Å². The van der Waals surface area contributed by atoms with E-state index in [9.17, 15) is 0 Å². The monoisotopic (exact) mass is 952 g/mol. The first kappa shape index (κ1) is 41.0. The average Bonchev–Trinajstić information content (AvgIpc) is 3.64. The van der Waals surface area contributed by atoms with Crippen molar-refractivity contribution in [2.45, 2.75) is 13.8 Å². The first-order valence-electron chi connectivity index (χ1n) is 26.2. The molecule has 14 aromatic carbocycles. The number of benzene rings is 14. The second kappa shape index (κ2) is 15.0. The smallest absolute Gasteiger partial charge is 0.257 e. The van der Waals surface area contributed by atoms with Gasteiger partial charge in [-0.3, -0.25) is 0 Å². The number of hydrogen-bond acceptors (Lipinski definition) is 4. The quantitative estimate of drug-likeness (QED) is 0.122. The van der Waals surface area contributed by atoms with Gasteiger partial charge in [-0.2, -0.15) is 0 Å². The molecular formula is C70H45BN4. The van der Waals surface area contributed by atoms with E-state index in [1.54, 1.807) is 0 Å². The lowest BCUT2D eigenvalue weighted by Crippen LogP contribution is -2.65. The van der Waals surface area contributed by atoms with E-state index in [4.69, 9.17) is 0 Å². The first-order valence-corrected chi connectivity index (χ1v) is 26.2. The highest BCUT2D eigenvalue weighted by Crippen LogP contribution is 2.59. The summed E-state index contributed by atoms with van der Waals surface area (Å²) in [4.78, 5) is 10.4. The van der Waals surface area contributed by atoms with Gasteiger partial charge in [-0.15, -0.1) is 0 Å². The molecule has 0 N–H and O–H groups in total. The lowest BCUT2D eigenvalue weighted by molar-refractivity contribution is 1.22. The highest BCUT2D eigenvalue weighted by molar-refractivity contribution is 7.03. The van der Waals surface area contributed by atoms with Crippen LogP contribution in [0.1, 0.15) is 11.1 Å². The first-order chi connectivity index (χ1) is 37.1. The number of rotatable bonds is 6. The number of para-hydroxylation sites is 3. The molecule has 0 saturated carbocycles. The molecule has 0 unspecified atom stereocenters. The number of anilines is 12. The van der Waals surface area contributed by atoms with Crippen molar-refractivity contribution >= 4 is 156 Å². The molecule has 14 aromatic rings. The summed E-state index contributed by atoms with van der Waals surface area (Å²) in [6, 6.07) is 89.3. The molecule has 0 aliphatic carbocycles. The molecule has 3 aliphatic heterocycles. The van der Waals surface area contributed by atoms with Gasteiger partial charge >= 0.3 is 0 Å². The van der Waals surface area contributed by atoms with Gasteiger partial charge in [0.2, 0.25) is 0 Å². The summed E-state index contributed by atoms with van der Waals surface area (Å²) in [6.07, 6.45) is 0. The van der Waals surface area contributed by atoms with Crippen molar-refractivity contribution in [1.82, 2.24) is 0 Å². The van der Waals surface area contributed by atoms with Gasteiger partial charge in [-0.25, -0.2) is 0 Å². The van der Waals surface area contributed by atoms with Crippen molar-refractivity contribution in [2.75, 3.05) is 19.6 Å². The van der Waals surface area contributed by atoms with Crippen molar-refractivity contribution in [2.24, 2.45) is 0 Å². The van der Waals surface area contributed by atoms with Crippen molar-refractivity contribution in [3.63, 3.8) is 0 Å². The molecule has 5 heteroatoms. The number of nitrogens with zero attached hydrogens (tertiary/aromatic N) is 4. The van der Waals surface area contributed by atoms with Gasteiger partial charge in [0, 0.05) is 72.1 Å². The molecule has 348 valence electrons. The van der Waals surface area contributed by atoms with Gasteiger partial charge in [0.15, 0.2) is 0 Å². The van der Waals surface area contributed by atoms with Crippen molar-refractivity contribution < 1.29 is 0 Å². The lowest BCUT2D eigenvalue weighted by atomic mass is 9.31. The minimum Gasteiger partial charge on any atom is -0.311 e. The average molecular weight is 953 g/mol. The van der Waals surface area contributed by atoms with Crippen LogP contribution in [0.2, 0.25) is 0 Å². The van der Waals surface area contributed by atoms with Crippen LogP contribution in [0.5, 0.6) is 0 Å². The summed E-state index contributed by atoms with van der Waals surface area (Å²) < 4.78 is 0. The van der Waals surface area contributed by atoms with Crippen LogP contribution in [0.3, 0.4) is 0 Å². The Labute approximate surface area is 434 Å². The number of hydrogen-bond donors (Lipinski definition) is 0. The molecule has 0 atom stereocenters. The molecule has 17 rings (SSSR count). The summed E-state index contributed by atoms with van der Waals surface area (Å²) in [7, 11) is 0. The molecule has 0 spiro atoms. The highest BCUT2D eigenvalue weighted by atomic mass is 15.2. The maximum absolute atomic E-state index is 2.68. The summed E-state index contributed by atoms with van der Waals surface area (Å²) >= 11 is 0. The second-order valence-corrected chi connectivity index (χ2v) is 20.9. The third-order valence-electron chi connectivity index (χ3n) is 16.8. The Morgan fingerprint density at radius 2 is 0.653 bits per heavy atom. The largest absolute Gasteiger partial charge is 0.311 e. The minimum absolute atomic E-state index is 0.145. The number of fused-ring (bicyclic) bond motifs is 4. The Morgan fingerprint density at radius 3 is 1.05 bits per heavy atom. The second-order valence-electron chi connectivity index (χ2n) is 20.9. The summed E-state index contributed by atoms with van der Waals surface area (Å²) in [6.45, 7) is 4.25. The molecule has 0 amide bonds. The van der Waals surface area contributed by atoms with Gasteiger partial charge in [-0.1, -0.05) is 175 Å². The van der Waals surface area contributed by atoms with Crippen LogP contribution in [0.15, 0.2) is 237 Å². The fourth-order valence-corrected chi connectivity index (χ4v) is 13.8. The Hall–Kier alpha value is -9.58. The maximum atomic E-state index is 2.68. The molecule has 0 radical (unpaired) electrons. The van der Waals surface area contributed by atoms with E-state index in [1.807, 2.05) is 0 Å². The van der Waals surface area contributed by atoms with Gasteiger partial charge in [0.25, 0.3) is 6.71 Å². The van der Waals surface area contributed by atoms with Crippen LogP contribution in [-0.4, -0.2) is 6.71 Å². The Kier molecular flexibility index (Phi) is 8.19. The van der Waals surface area contributed by atoms with Crippen molar-refractivity contribution in [3.05, 3.63) is 248 Å². The molecule has 4 nitrogen and oxygen atoms in total. The molecule has 3 heterocycles. The molecule has 75 heavy (non-hydrogen) atoms. The zero-order valence-electron chi connectivity index (χ0n) is 41.4. The zero-order valence-corrected chi connectivity index (χ0v) is 41.4. The zero-order chi connectivity index (χ0) is 49.2. The van der Waals surface area contributed by atoms with Crippen LogP contribution >= 0.6 is 0 Å². The fourth-order valence-electron chi connectivity index (χ4n) is 13.8. The van der Waals surface area contributed by atoms with E-state index in [0.717, 1.165) is 34.1 Å².